The fourth-order valence-corrected chi connectivity index (χ4v) is 2.81. The minimum Gasteiger partial charge on any atom is -0.504 e. The largest absolute Gasteiger partial charge is 0.504 e. The maximum atomic E-state index is 12.6. The summed E-state index contributed by atoms with van der Waals surface area (Å²) in [7, 11) is 0. The molecule has 0 bridgehead atoms. The van der Waals surface area contributed by atoms with Crippen LogP contribution in [0.25, 0.3) is 0 Å². The predicted molar refractivity (Wildman–Crippen MR) is 78.9 cm³/mol. The van der Waals surface area contributed by atoms with Gasteiger partial charge in [-0.3, -0.25) is 15.0 Å². The van der Waals surface area contributed by atoms with E-state index in [2.05, 4.69) is 5.32 Å². The lowest BCUT2D eigenvalue weighted by molar-refractivity contribution is -0.386. The number of nitrogens with one attached hydrogen (secondary N) is 1. The molecule has 1 aliphatic rings. The standard InChI is InChI=1S/C14H18F3N3O4/c15-14(16,17)2-1-10(19-5-3-18-4-6-19)9-7-11(20(23)24)13(22)12(21)8-9/h7-8,10,18,21-22H,1-6H2/t10-/m0/s1. The average Bonchev–Trinajstić information content (AvgIpc) is 2.50. The molecule has 10 heteroatoms. The van der Waals surface area contributed by atoms with Gasteiger partial charge in [-0.1, -0.05) is 0 Å². The van der Waals surface area contributed by atoms with Crippen LogP contribution in [0.2, 0.25) is 0 Å². The van der Waals surface area contributed by atoms with Crippen molar-refractivity contribution in [3.8, 4) is 11.5 Å². The molecule has 1 fully saturated rings. The lowest BCUT2D eigenvalue weighted by atomic mass is 9.98. The van der Waals surface area contributed by atoms with E-state index < -0.39 is 40.7 Å². The number of nitro benzene ring substituents is 1. The molecule has 0 aromatic heterocycles. The third-order valence-corrected chi connectivity index (χ3v) is 3.97. The third-order valence-electron chi connectivity index (χ3n) is 3.97. The Labute approximate surface area is 135 Å². The number of aromatic hydroxyl groups is 2. The minimum absolute atomic E-state index is 0.183. The Morgan fingerprint density at radius 1 is 1.29 bits per heavy atom. The minimum atomic E-state index is -4.35. The van der Waals surface area contributed by atoms with Gasteiger partial charge in [-0.05, 0) is 18.1 Å². The molecule has 1 saturated heterocycles. The van der Waals surface area contributed by atoms with E-state index in [1.54, 1.807) is 4.90 Å². The smallest absolute Gasteiger partial charge is 0.389 e. The van der Waals surface area contributed by atoms with Crippen molar-refractivity contribution in [2.75, 3.05) is 26.2 Å². The first-order chi connectivity index (χ1) is 11.2. The molecule has 0 saturated carbocycles. The molecule has 2 rings (SSSR count). The molecule has 1 aromatic carbocycles. The number of halogens is 3. The summed E-state index contributed by atoms with van der Waals surface area (Å²) in [4.78, 5) is 11.9. The molecule has 0 amide bonds. The van der Waals surface area contributed by atoms with Crippen LogP contribution in [0.4, 0.5) is 18.9 Å². The molecule has 1 aromatic rings. The fourth-order valence-electron chi connectivity index (χ4n) is 2.81. The molecule has 0 radical (unpaired) electrons. The van der Waals surface area contributed by atoms with Gasteiger partial charge in [0.1, 0.15) is 0 Å². The van der Waals surface area contributed by atoms with Crippen LogP contribution in [0.3, 0.4) is 0 Å². The van der Waals surface area contributed by atoms with E-state index in [-0.39, 0.29) is 12.0 Å². The lowest BCUT2D eigenvalue weighted by Crippen LogP contribution is -2.45. The van der Waals surface area contributed by atoms with Crippen LogP contribution in [-0.4, -0.2) is 52.4 Å². The number of benzene rings is 1. The second-order valence-corrected chi connectivity index (χ2v) is 5.62. The highest BCUT2D eigenvalue weighted by Gasteiger charge is 2.32. The van der Waals surface area contributed by atoms with Gasteiger partial charge < -0.3 is 15.5 Å². The first kappa shape index (κ1) is 18.3. The second kappa shape index (κ2) is 7.22. The van der Waals surface area contributed by atoms with E-state index in [1.165, 1.54) is 0 Å². The van der Waals surface area contributed by atoms with Gasteiger partial charge in [0.2, 0.25) is 5.75 Å². The Morgan fingerprint density at radius 3 is 2.46 bits per heavy atom. The summed E-state index contributed by atoms with van der Waals surface area (Å²) in [6, 6.07) is 1.38. The van der Waals surface area contributed by atoms with Gasteiger partial charge in [-0.25, -0.2) is 0 Å². The zero-order valence-electron chi connectivity index (χ0n) is 12.7. The molecule has 7 nitrogen and oxygen atoms in total. The summed E-state index contributed by atoms with van der Waals surface area (Å²) in [6.45, 7) is 2.15. The number of hydrogen-bond acceptors (Lipinski definition) is 6. The summed E-state index contributed by atoms with van der Waals surface area (Å²) in [6.07, 6.45) is -5.68. The number of alkyl halides is 3. The van der Waals surface area contributed by atoms with Crippen LogP contribution in [0.1, 0.15) is 24.4 Å². The van der Waals surface area contributed by atoms with E-state index in [0.717, 1.165) is 12.1 Å². The van der Waals surface area contributed by atoms with Crippen molar-refractivity contribution in [3.05, 3.63) is 27.8 Å². The van der Waals surface area contributed by atoms with Gasteiger partial charge in [0.25, 0.3) is 0 Å². The SMILES string of the molecule is O=[N+]([O-])c1cc([C@H](CCC(F)(F)F)N2CCNCC2)cc(O)c1O. The van der Waals surface area contributed by atoms with E-state index >= 15 is 0 Å². The molecule has 24 heavy (non-hydrogen) atoms. The van der Waals surface area contributed by atoms with Crippen molar-refractivity contribution in [1.29, 1.82) is 0 Å². The summed E-state index contributed by atoms with van der Waals surface area (Å²) < 4.78 is 37.9. The number of hydrogen-bond donors (Lipinski definition) is 3. The lowest BCUT2D eigenvalue weighted by Gasteiger charge is -2.35. The Hall–Kier alpha value is -2.07. The topological polar surface area (TPSA) is 98.9 Å². The van der Waals surface area contributed by atoms with Crippen LogP contribution in [0.15, 0.2) is 12.1 Å². The molecule has 3 N–H and O–H groups in total. The van der Waals surface area contributed by atoms with E-state index in [1.807, 2.05) is 0 Å². The summed E-state index contributed by atoms with van der Waals surface area (Å²) in [5, 5.41) is 33.3. The molecular formula is C14H18F3N3O4. The van der Waals surface area contributed by atoms with Gasteiger partial charge in [0.15, 0.2) is 5.75 Å². The van der Waals surface area contributed by atoms with Crippen molar-refractivity contribution in [2.45, 2.75) is 25.1 Å². The highest BCUT2D eigenvalue weighted by atomic mass is 19.4. The van der Waals surface area contributed by atoms with E-state index in [4.69, 9.17) is 0 Å². The van der Waals surface area contributed by atoms with Crippen molar-refractivity contribution >= 4 is 5.69 Å². The van der Waals surface area contributed by atoms with Gasteiger partial charge in [0, 0.05) is 44.7 Å². The number of phenolic OH excluding ortho intramolecular Hbond substituents is 2. The molecule has 1 heterocycles. The number of phenols is 2. The average molecular weight is 349 g/mol. The van der Waals surface area contributed by atoms with E-state index in [0.29, 0.717) is 26.2 Å². The first-order valence-corrected chi connectivity index (χ1v) is 7.41. The van der Waals surface area contributed by atoms with Crippen LogP contribution in [0.5, 0.6) is 11.5 Å². The molecule has 1 atom stereocenters. The predicted octanol–water partition coefficient (Wildman–Crippen LogP) is 2.29. The van der Waals surface area contributed by atoms with Crippen molar-refractivity contribution in [3.63, 3.8) is 0 Å². The van der Waals surface area contributed by atoms with E-state index in [9.17, 15) is 33.5 Å². The number of nitro groups is 1. The molecule has 0 aliphatic carbocycles. The van der Waals surface area contributed by atoms with Crippen LogP contribution < -0.4 is 5.32 Å². The highest BCUT2D eigenvalue weighted by Crippen LogP contribution is 2.40. The number of nitrogens with zero attached hydrogens (tertiary/aromatic N) is 2. The monoisotopic (exact) mass is 349 g/mol. The summed E-state index contributed by atoms with van der Waals surface area (Å²) in [5.41, 5.74) is -0.541. The number of piperazine rings is 1. The first-order valence-electron chi connectivity index (χ1n) is 7.41. The Morgan fingerprint density at radius 2 is 1.92 bits per heavy atom. The normalized spacial score (nSPS) is 17.6. The van der Waals surface area contributed by atoms with Crippen LogP contribution in [0, 0.1) is 10.1 Å². The quantitative estimate of drug-likeness (QED) is 0.429. The fraction of sp³-hybridized carbons (Fsp3) is 0.571. The molecule has 0 unspecified atom stereocenters. The van der Waals surface area contributed by atoms with Gasteiger partial charge in [0.05, 0.1) is 4.92 Å². The Bertz CT molecular complexity index is 604. The number of rotatable bonds is 5. The van der Waals surface area contributed by atoms with Crippen molar-refractivity contribution in [2.24, 2.45) is 0 Å². The molecule has 0 spiro atoms. The Balaban J connectivity index is 2.36. The van der Waals surface area contributed by atoms with Crippen LogP contribution >= 0.6 is 0 Å². The van der Waals surface area contributed by atoms with Crippen molar-refractivity contribution in [1.82, 2.24) is 10.2 Å². The summed E-state index contributed by atoms with van der Waals surface area (Å²) in [5.74, 6) is -1.61. The van der Waals surface area contributed by atoms with Crippen molar-refractivity contribution < 1.29 is 28.3 Å². The maximum Gasteiger partial charge on any atom is 0.389 e. The maximum absolute atomic E-state index is 12.6. The highest BCUT2D eigenvalue weighted by molar-refractivity contribution is 5.57. The third kappa shape index (κ3) is 4.48. The molecule has 1 aliphatic heterocycles. The molecule has 134 valence electrons. The molecular weight excluding hydrogens is 331 g/mol. The Kier molecular flexibility index (Phi) is 5.50. The van der Waals surface area contributed by atoms with Gasteiger partial charge in [-0.2, -0.15) is 13.2 Å². The zero-order valence-corrected chi connectivity index (χ0v) is 12.7. The van der Waals surface area contributed by atoms with Gasteiger partial charge in [-0.15, -0.1) is 0 Å². The second-order valence-electron chi connectivity index (χ2n) is 5.62. The van der Waals surface area contributed by atoms with Crippen LogP contribution in [-0.2, 0) is 0 Å². The summed E-state index contributed by atoms with van der Waals surface area (Å²) >= 11 is 0. The zero-order chi connectivity index (χ0) is 17.9. The van der Waals surface area contributed by atoms with Gasteiger partial charge >= 0.3 is 11.9 Å².